The van der Waals surface area contributed by atoms with Crippen molar-refractivity contribution in [3.63, 3.8) is 0 Å². The van der Waals surface area contributed by atoms with Gasteiger partial charge in [0.2, 0.25) is 0 Å². The zero-order chi connectivity index (χ0) is 14.8. The third-order valence-electron chi connectivity index (χ3n) is 3.68. The van der Waals surface area contributed by atoms with Crippen LogP contribution >= 0.6 is 0 Å². The van der Waals surface area contributed by atoms with Crippen LogP contribution in [0.5, 0.6) is 0 Å². The lowest BCUT2D eigenvalue weighted by Crippen LogP contribution is -2.34. The van der Waals surface area contributed by atoms with Crippen molar-refractivity contribution in [1.82, 2.24) is 15.9 Å². The molecule has 1 heterocycles. The van der Waals surface area contributed by atoms with E-state index in [0.717, 1.165) is 38.0 Å². The molecule has 0 aromatic carbocycles. The molecule has 1 rings (SSSR count). The summed E-state index contributed by atoms with van der Waals surface area (Å²) in [5.41, 5.74) is 8.20. The van der Waals surface area contributed by atoms with Crippen molar-refractivity contribution in [3.05, 3.63) is 23.2 Å². The van der Waals surface area contributed by atoms with Crippen LogP contribution in [0.1, 0.15) is 52.4 Å². The summed E-state index contributed by atoms with van der Waals surface area (Å²) in [6, 6.07) is 0. The number of hydrogen-bond acceptors (Lipinski definition) is 5. The smallest absolute Gasteiger partial charge is 0.101 e. The maximum absolute atomic E-state index is 9.49. The highest BCUT2D eigenvalue weighted by Crippen LogP contribution is 2.26. The van der Waals surface area contributed by atoms with Gasteiger partial charge in [0, 0.05) is 13.1 Å². The van der Waals surface area contributed by atoms with Crippen LogP contribution in [0.4, 0.5) is 0 Å². The first-order valence-corrected chi connectivity index (χ1v) is 7.64. The number of rotatable bonds is 8. The molecule has 0 aromatic rings. The standard InChI is InChI=1S/C15H29N3O2/c1-4-9-13(5-2)15(14(17-19)12-16-20-3)18-10-7-6-8-11-18/h12,16-17,19H,4-11H2,1-3H3/b14-12+,15-13+. The molecule has 0 aromatic heterocycles. The molecule has 3 N–H and O–H groups in total. The van der Waals surface area contributed by atoms with Gasteiger partial charge in [-0.2, -0.15) is 0 Å². The molecule has 1 fully saturated rings. The largest absolute Gasteiger partial charge is 0.370 e. The van der Waals surface area contributed by atoms with Gasteiger partial charge in [0.05, 0.1) is 19.0 Å². The van der Waals surface area contributed by atoms with Gasteiger partial charge in [-0.3, -0.25) is 21.0 Å². The maximum Gasteiger partial charge on any atom is 0.101 e. The molecule has 20 heavy (non-hydrogen) atoms. The molecule has 0 amide bonds. The van der Waals surface area contributed by atoms with Crippen LogP contribution in [0.3, 0.4) is 0 Å². The van der Waals surface area contributed by atoms with Crippen molar-refractivity contribution in [3.8, 4) is 0 Å². The first-order chi connectivity index (χ1) is 9.78. The van der Waals surface area contributed by atoms with Gasteiger partial charge in [-0.1, -0.05) is 20.3 Å². The van der Waals surface area contributed by atoms with Gasteiger partial charge in [-0.25, -0.2) is 0 Å². The summed E-state index contributed by atoms with van der Waals surface area (Å²) in [6.07, 6.45) is 8.54. The molecule has 0 aliphatic carbocycles. The van der Waals surface area contributed by atoms with E-state index in [9.17, 15) is 5.21 Å². The Morgan fingerprint density at radius 1 is 1.25 bits per heavy atom. The summed E-state index contributed by atoms with van der Waals surface area (Å²) in [6.45, 7) is 6.46. The lowest BCUT2D eigenvalue weighted by molar-refractivity contribution is 0.123. The van der Waals surface area contributed by atoms with Crippen LogP contribution in [0.25, 0.3) is 0 Å². The molecule has 116 valence electrons. The van der Waals surface area contributed by atoms with E-state index >= 15 is 0 Å². The molecule has 0 atom stereocenters. The monoisotopic (exact) mass is 283 g/mol. The number of piperidine rings is 1. The van der Waals surface area contributed by atoms with Crippen molar-refractivity contribution in [2.24, 2.45) is 0 Å². The highest BCUT2D eigenvalue weighted by Gasteiger charge is 2.20. The van der Waals surface area contributed by atoms with E-state index < -0.39 is 0 Å². The molecule has 0 unspecified atom stereocenters. The number of hydroxylamine groups is 2. The van der Waals surface area contributed by atoms with Crippen molar-refractivity contribution in [2.45, 2.75) is 52.4 Å². The Morgan fingerprint density at radius 3 is 2.45 bits per heavy atom. The van der Waals surface area contributed by atoms with Crippen LogP contribution in [0.2, 0.25) is 0 Å². The van der Waals surface area contributed by atoms with E-state index in [1.807, 2.05) is 0 Å². The quantitative estimate of drug-likeness (QED) is 0.472. The van der Waals surface area contributed by atoms with E-state index in [2.05, 4.69) is 29.7 Å². The second-order valence-electron chi connectivity index (χ2n) is 5.10. The van der Waals surface area contributed by atoms with E-state index in [1.54, 1.807) is 13.3 Å². The fraction of sp³-hybridized carbons (Fsp3) is 0.733. The average molecular weight is 283 g/mol. The van der Waals surface area contributed by atoms with Gasteiger partial charge in [0.1, 0.15) is 5.70 Å². The molecule has 1 aliphatic rings. The molecule has 0 bridgehead atoms. The van der Waals surface area contributed by atoms with Gasteiger partial charge >= 0.3 is 0 Å². The van der Waals surface area contributed by atoms with E-state index in [4.69, 9.17) is 4.84 Å². The molecule has 0 radical (unpaired) electrons. The Kier molecular flexibility index (Phi) is 8.14. The van der Waals surface area contributed by atoms with Crippen molar-refractivity contribution < 1.29 is 10.0 Å². The Bertz CT molecular complexity index is 334. The number of likely N-dealkylation sites (tertiary alicyclic amines) is 1. The molecule has 1 saturated heterocycles. The fourth-order valence-electron chi connectivity index (χ4n) is 2.74. The number of hydrogen-bond donors (Lipinski definition) is 3. The molecule has 0 saturated carbocycles. The van der Waals surface area contributed by atoms with E-state index in [0.29, 0.717) is 5.70 Å². The highest BCUT2D eigenvalue weighted by molar-refractivity contribution is 5.32. The Hall–Kier alpha value is -1.20. The summed E-state index contributed by atoms with van der Waals surface area (Å²) < 4.78 is 0. The average Bonchev–Trinajstić information content (AvgIpc) is 2.50. The summed E-state index contributed by atoms with van der Waals surface area (Å²) >= 11 is 0. The minimum absolute atomic E-state index is 0.680. The van der Waals surface area contributed by atoms with E-state index in [-0.39, 0.29) is 0 Å². The topological polar surface area (TPSA) is 56.8 Å². The Morgan fingerprint density at radius 2 is 1.95 bits per heavy atom. The maximum atomic E-state index is 9.49. The van der Waals surface area contributed by atoms with Crippen LogP contribution in [-0.2, 0) is 4.84 Å². The second kappa shape index (κ2) is 9.66. The molecule has 5 heteroatoms. The van der Waals surface area contributed by atoms with Crippen LogP contribution in [0.15, 0.2) is 23.2 Å². The van der Waals surface area contributed by atoms with Crippen molar-refractivity contribution >= 4 is 0 Å². The lowest BCUT2D eigenvalue weighted by Gasteiger charge is -2.34. The zero-order valence-corrected chi connectivity index (χ0v) is 13.0. The normalized spacial score (nSPS) is 17.8. The molecule has 1 aliphatic heterocycles. The minimum Gasteiger partial charge on any atom is -0.370 e. The zero-order valence-electron chi connectivity index (χ0n) is 13.0. The van der Waals surface area contributed by atoms with Gasteiger partial charge in [0.25, 0.3) is 0 Å². The number of allylic oxidation sites excluding steroid dienone is 1. The Labute approximate surface area is 122 Å². The minimum atomic E-state index is 0.680. The third kappa shape index (κ3) is 4.72. The van der Waals surface area contributed by atoms with Crippen LogP contribution < -0.4 is 11.0 Å². The first kappa shape index (κ1) is 16.9. The predicted octanol–water partition coefficient (Wildman–Crippen LogP) is 2.91. The molecule has 5 nitrogen and oxygen atoms in total. The van der Waals surface area contributed by atoms with Gasteiger partial charge in [0.15, 0.2) is 0 Å². The van der Waals surface area contributed by atoms with Gasteiger partial charge < -0.3 is 4.90 Å². The summed E-state index contributed by atoms with van der Waals surface area (Å²) in [7, 11) is 1.56. The molecule has 0 spiro atoms. The number of nitrogens with one attached hydrogen (secondary N) is 2. The lowest BCUT2D eigenvalue weighted by atomic mass is 10.0. The summed E-state index contributed by atoms with van der Waals surface area (Å²) in [5, 5.41) is 9.49. The van der Waals surface area contributed by atoms with Crippen LogP contribution in [0, 0.1) is 0 Å². The van der Waals surface area contributed by atoms with Gasteiger partial charge in [-0.15, -0.1) is 0 Å². The van der Waals surface area contributed by atoms with Crippen molar-refractivity contribution in [2.75, 3.05) is 20.2 Å². The van der Waals surface area contributed by atoms with Crippen LogP contribution in [-0.4, -0.2) is 30.3 Å². The summed E-state index contributed by atoms with van der Waals surface area (Å²) in [4.78, 5) is 7.25. The molecular formula is C15H29N3O2. The fourth-order valence-corrected chi connectivity index (χ4v) is 2.74. The second-order valence-corrected chi connectivity index (χ2v) is 5.10. The first-order valence-electron chi connectivity index (χ1n) is 7.64. The predicted molar refractivity (Wildman–Crippen MR) is 80.8 cm³/mol. The Balaban J connectivity index is 3.09. The van der Waals surface area contributed by atoms with Gasteiger partial charge in [-0.05, 0) is 37.7 Å². The highest BCUT2D eigenvalue weighted by atomic mass is 16.6. The third-order valence-corrected chi connectivity index (χ3v) is 3.68. The van der Waals surface area contributed by atoms with Crippen molar-refractivity contribution in [1.29, 1.82) is 0 Å². The summed E-state index contributed by atoms with van der Waals surface area (Å²) in [5.74, 6) is 0. The molecular weight excluding hydrogens is 254 g/mol. The number of nitrogens with zero attached hydrogens (tertiary/aromatic N) is 1. The van der Waals surface area contributed by atoms with E-state index in [1.165, 1.54) is 24.8 Å². The SMILES string of the molecule is CCC/C(CC)=C(\C(=C/NOC)NO)N1CCCCC1.